The lowest BCUT2D eigenvalue weighted by Gasteiger charge is -2.06. The molecule has 0 radical (unpaired) electrons. The molecule has 2 aromatic carbocycles. The van der Waals surface area contributed by atoms with Crippen molar-refractivity contribution in [2.45, 2.75) is 17.6 Å². The van der Waals surface area contributed by atoms with Crippen molar-refractivity contribution in [2.75, 3.05) is 0 Å². The van der Waals surface area contributed by atoms with Crippen molar-refractivity contribution in [1.29, 1.82) is 0 Å². The van der Waals surface area contributed by atoms with Gasteiger partial charge in [-0.15, -0.1) is 0 Å². The van der Waals surface area contributed by atoms with Crippen LogP contribution in [0.4, 0.5) is 5.69 Å². The Labute approximate surface area is 121 Å². The summed E-state index contributed by atoms with van der Waals surface area (Å²) in [5, 5.41) is 20.2. The quantitative estimate of drug-likeness (QED) is 0.691. The van der Waals surface area contributed by atoms with Crippen LogP contribution < -0.4 is 0 Å². The normalized spacial score (nSPS) is 11.3. The van der Waals surface area contributed by atoms with E-state index in [0.29, 0.717) is 0 Å². The average Bonchev–Trinajstić information content (AvgIpc) is 2.41. The summed E-state index contributed by atoms with van der Waals surface area (Å²) in [6.07, 6.45) is 0. The van der Waals surface area contributed by atoms with E-state index in [1.165, 1.54) is 24.3 Å². The summed E-state index contributed by atoms with van der Waals surface area (Å²) in [4.78, 5) is 10.3. The van der Waals surface area contributed by atoms with Crippen LogP contribution in [0, 0.1) is 17.0 Å². The van der Waals surface area contributed by atoms with Crippen molar-refractivity contribution in [3.05, 3.63) is 63.7 Å². The third-order valence-corrected chi connectivity index (χ3v) is 4.67. The third-order valence-electron chi connectivity index (χ3n) is 2.99. The molecule has 0 atom stereocenters. The van der Waals surface area contributed by atoms with Gasteiger partial charge in [0.25, 0.3) is 5.69 Å². The van der Waals surface area contributed by atoms with Crippen molar-refractivity contribution in [1.82, 2.24) is 0 Å². The minimum atomic E-state index is -3.69. The summed E-state index contributed by atoms with van der Waals surface area (Å²) in [6.45, 7) is 1.83. The van der Waals surface area contributed by atoms with Crippen molar-refractivity contribution < 1.29 is 18.4 Å². The van der Waals surface area contributed by atoms with Crippen molar-refractivity contribution >= 4 is 15.5 Å². The van der Waals surface area contributed by atoms with Crippen LogP contribution in [0.25, 0.3) is 0 Å². The smallest absolute Gasteiger partial charge is 0.277 e. The number of benzene rings is 2. The molecule has 2 aromatic rings. The van der Waals surface area contributed by atoms with E-state index >= 15 is 0 Å². The molecular formula is C14H13NO5S. The minimum Gasteiger partial charge on any atom is -0.508 e. The standard InChI is InChI=1S/C14H13NO5S/c1-10-2-6-13(7-3-10)21(19,20)9-11-4-5-12(16)8-14(11)15(17)18/h2-8,16H,9H2,1H3. The Morgan fingerprint density at radius 1 is 1.14 bits per heavy atom. The largest absolute Gasteiger partial charge is 0.508 e. The van der Waals surface area contributed by atoms with Crippen LogP contribution in [-0.4, -0.2) is 18.4 Å². The highest BCUT2D eigenvalue weighted by molar-refractivity contribution is 7.90. The number of phenols is 1. The zero-order valence-corrected chi connectivity index (χ0v) is 12.0. The number of hydrogen-bond acceptors (Lipinski definition) is 5. The Kier molecular flexibility index (Phi) is 3.95. The van der Waals surface area contributed by atoms with Gasteiger partial charge in [-0.05, 0) is 31.2 Å². The molecule has 0 spiro atoms. The number of aromatic hydroxyl groups is 1. The number of aryl methyl sites for hydroxylation is 1. The second-order valence-corrected chi connectivity index (χ2v) is 6.63. The van der Waals surface area contributed by atoms with Gasteiger partial charge >= 0.3 is 0 Å². The average molecular weight is 307 g/mol. The number of nitro groups is 1. The summed E-state index contributed by atoms with van der Waals surface area (Å²) in [5.74, 6) is -0.773. The van der Waals surface area contributed by atoms with Crippen LogP contribution in [0.2, 0.25) is 0 Å². The van der Waals surface area contributed by atoms with E-state index in [1.807, 2.05) is 6.92 Å². The molecule has 0 unspecified atom stereocenters. The van der Waals surface area contributed by atoms with Gasteiger partial charge in [-0.25, -0.2) is 8.42 Å². The summed E-state index contributed by atoms with van der Waals surface area (Å²) >= 11 is 0. The number of nitrogens with zero attached hydrogens (tertiary/aromatic N) is 1. The van der Waals surface area contributed by atoms with Gasteiger partial charge in [-0.3, -0.25) is 10.1 Å². The van der Waals surface area contributed by atoms with E-state index in [-0.39, 0.29) is 16.2 Å². The molecule has 0 saturated heterocycles. The summed E-state index contributed by atoms with van der Waals surface area (Å²) in [6, 6.07) is 9.69. The second-order valence-electron chi connectivity index (χ2n) is 4.64. The molecule has 0 aliphatic rings. The molecule has 0 amide bonds. The lowest BCUT2D eigenvalue weighted by Crippen LogP contribution is -2.07. The molecule has 0 saturated carbocycles. The monoisotopic (exact) mass is 307 g/mol. The zero-order chi connectivity index (χ0) is 15.6. The maximum absolute atomic E-state index is 12.3. The highest BCUT2D eigenvalue weighted by atomic mass is 32.2. The lowest BCUT2D eigenvalue weighted by atomic mass is 10.2. The van der Waals surface area contributed by atoms with Gasteiger partial charge in [0, 0.05) is 5.56 Å². The lowest BCUT2D eigenvalue weighted by molar-refractivity contribution is -0.385. The fraction of sp³-hybridized carbons (Fsp3) is 0.143. The maximum atomic E-state index is 12.3. The fourth-order valence-electron chi connectivity index (χ4n) is 1.88. The molecular weight excluding hydrogens is 294 g/mol. The SMILES string of the molecule is Cc1ccc(S(=O)(=O)Cc2ccc(O)cc2[N+](=O)[O-])cc1. The van der Waals surface area contributed by atoms with E-state index in [1.54, 1.807) is 12.1 Å². The Morgan fingerprint density at radius 2 is 1.76 bits per heavy atom. The molecule has 7 heteroatoms. The van der Waals surface area contributed by atoms with E-state index < -0.39 is 26.2 Å². The molecule has 6 nitrogen and oxygen atoms in total. The molecule has 2 rings (SSSR count). The van der Waals surface area contributed by atoms with Gasteiger partial charge in [-0.2, -0.15) is 0 Å². The number of sulfone groups is 1. The Hall–Kier alpha value is -2.41. The first kappa shape index (κ1) is 15.0. The Morgan fingerprint density at radius 3 is 2.33 bits per heavy atom. The van der Waals surface area contributed by atoms with Gasteiger partial charge in [-0.1, -0.05) is 17.7 Å². The summed E-state index contributed by atoms with van der Waals surface area (Å²) < 4.78 is 24.6. The molecule has 21 heavy (non-hydrogen) atoms. The topological polar surface area (TPSA) is 97.5 Å². The first-order chi connectivity index (χ1) is 9.79. The molecule has 0 aromatic heterocycles. The van der Waals surface area contributed by atoms with Crippen LogP contribution in [0.1, 0.15) is 11.1 Å². The van der Waals surface area contributed by atoms with Crippen LogP contribution in [0.5, 0.6) is 5.75 Å². The van der Waals surface area contributed by atoms with Gasteiger partial charge < -0.3 is 5.11 Å². The molecule has 0 bridgehead atoms. The Balaban J connectivity index is 2.41. The molecule has 110 valence electrons. The molecule has 0 fully saturated rings. The minimum absolute atomic E-state index is 0.0402. The first-order valence-electron chi connectivity index (χ1n) is 6.05. The molecule has 0 aliphatic heterocycles. The summed E-state index contributed by atoms with van der Waals surface area (Å²) in [5.41, 5.74) is 0.550. The van der Waals surface area contributed by atoms with E-state index in [0.717, 1.165) is 11.6 Å². The fourth-order valence-corrected chi connectivity index (χ4v) is 3.25. The number of rotatable bonds is 4. The Bertz CT molecular complexity index is 782. The van der Waals surface area contributed by atoms with Gasteiger partial charge in [0.05, 0.1) is 21.6 Å². The van der Waals surface area contributed by atoms with Crippen LogP contribution in [0.3, 0.4) is 0 Å². The van der Waals surface area contributed by atoms with Gasteiger partial charge in [0.15, 0.2) is 9.84 Å². The van der Waals surface area contributed by atoms with Gasteiger partial charge in [0.2, 0.25) is 0 Å². The molecule has 0 aliphatic carbocycles. The summed E-state index contributed by atoms with van der Waals surface area (Å²) in [7, 11) is -3.69. The van der Waals surface area contributed by atoms with Crippen LogP contribution in [0.15, 0.2) is 47.4 Å². The number of phenolic OH excluding ortho intramolecular Hbond substituents is 1. The highest BCUT2D eigenvalue weighted by Crippen LogP contribution is 2.27. The van der Waals surface area contributed by atoms with Crippen molar-refractivity contribution in [2.24, 2.45) is 0 Å². The van der Waals surface area contributed by atoms with Crippen LogP contribution in [-0.2, 0) is 15.6 Å². The number of hydrogen-bond donors (Lipinski definition) is 1. The first-order valence-corrected chi connectivity index (χ1v) is 7.70. The molecule has 0 heterocycles. The highest BCUT2D eigenvalue weighted by Gasteiger charge is 2.22. The number of nitro benzene ring substituents is 1. The van der Waals surface area contributed by atoms with Crippen molar-refractivity contribution in [3.8, 4) is 5.75 Å². The van der Waals surface area contributed by atoms with Crippen LogP contribution >= 0.6 is 0 Å². The zero-order valence-electron chi connectivity index (χ0n) is 11.2. The molecule has 1 N–H and O–H groups in total. The van der Waals surface area contributed by atoms with E-state index in [4.69, 9.17) is 0 Å². The van der Waals surface area contributed by atoms with Gasteiger partial charge in [0.1, 0.15) is 5.75 Å². The van der Waals surface area contributed by atoms with E-state index in [2.05, 4.69) is 0 Å². The second kappa shape index (κ2) is 5.53. The third kappa shape index (κ3) is 3.38. The predicted octanol–water partition coefficient (Wildman–Crippen LogP) is 2.58. The maximum Gasteiger partial charge on any atom is 0.277 e. The predicted molar refractivity (Wildman–Crippen MR) is 76.8 cm³/mol. The van der Waals surface area contributed by atoms with Crippen molar-refractivity contribution in [3.63, 3.8) is 0 Å². The van der Waals surface area contributed by atoms with E-state index in [9.17, 15) is 23.6 Å².